The molecule has 0 radical (unpaired) electrons. The van der Waals surface area contributed by atoms with Crippen molar-refractivity contribution in [2.75, 3.05) is 13.6 Å². The van der Waals surface area contributed by atoms with Gasteiger partial charge in [-0.25, -0.2) is 0 Å². The molecule has 88 valence electrons. The third kappa shape index (κ3) is 4.38. The highest BCUT2D eigenvalue weighted by Crippen LogP contribution is 2.34. The van der Waals surface area contributed by atoms with Crippen LogP contribution in [0.15, 0.2) is 11.6 Å². The minimum atomic E-state index is 0.889. The molecule has 1 fully saturated rings. The first-order valence-corrected chi connectivity index (χ1v) is 6.59. The van der Waals surface area contributed by atoms with Crippen molar-refractivity contribution in [2.24, 2.45) is 11.8 Å². The molecule has 1 heteroatoms. The molecule has 1 aliphatic carbocycles. The Hall–Kier alpha value is -0.300. The summed E-state index contributed by atoms with van der Waals surface area (Å²) in [7, 11) is 2.02. The summed E-state index contributed by atoms with van der Waals surface area (Å²) in [5, 5.41) is 3.20. The second-order valence-corrected chi connectivity index (χ2v) is 4.98. The van der Waals surface area contributed by atoms with Crippen molar-refractivity contribution in [1.29, 1.82) is 0 Å². The van der Waals surface area contributed by atoms with E-state index in [9.17, 15) is 0 Å². The number of nitrogens with one attached hydrogen (secondary N) is 1. The van der Waals surface area contributed by atoms with Crippen LogP contribution in [-0.4, -0.2) is 13.6 Å². The first-order chi connectivity index (χ1) is 7.27. The topological polar surface area (TPSA) is 12.0 Å². The molecule has 15 heavy (non-hydrogen) atoms. The molecule has 1 rings (SSSR count). The van der Waals surface area contributed by atoms with Crippen molar-refractivity contribution in [2.45, 2.75) is 52.4 Å². The molecule has 2 unspecified atom stereocenters. The van der Waals surface area contributed by atoms with E-state index >= 15 is 0 Å². The van der Waals surface area contributed by atoms with Gasteiger partial charge in [-0.2, -0.15) is 0 Å². The van der Waals surface area contributed by atoms with Crippen molar-refractivity contribution >= 4 is 0 Å². The lowest BCUT2D eigenvalue weighted by Gasteiger charge is -2.29. The Morgan fingerprint density at radius 1 is 1.40 bits per heavy atom. The van der Waals surface area contributed by atoms with Crippen LogP contribution >= 0.6 is 0 Å². The zero-order valence-electron chi connectivity index (χ0n) is 10.7. The van der Waals surface area contributed by atoms with E-state index in [0.717, 1.165) is 18.4 Å². The van der Waals surface area contributed by atoms with Crippen molar-refractivity contribution in [3.8, 4) is 0 Å². The molecule has 0 aromatic carbocycles. The zero-order chi connectivity index (χ0) is 11.1. The van der Waals surface area contributed by atoms with E-state index in [2.05, 4.69) is 25.2 Å². The summed E-state index contributed by atoms with van der Waals surface area (Å²) in [6.07, 6.45) is 10.8. The lowest BCUT2D eigenvalue weighted by atomic mass is 9.77. The van der Waals surface area contributed by atoms with Gasteiger partial charge in [0.25, 0.3) is 0 Å². The van der Waals surface area contributed by atoms with Crippen LogP contribution in [0.3, 0.4) is 0 Å². The van der Waals surface area contributed by atoms with Crippen LogP contribution in [0.1, 0.15) is 52.4 Å². The molecule has 1 nitrogen and oxygen atoms in total. The number of hydrogen-bond donors (Lipinski definition) is 1. The molecule has 0 bridgehead atoms. The smallest absolute Gasteiger partial charge is 0.00172 e. The van der Waals surface area contributed by atoms with Crippen molar-refractivity contribution in [1.82, 2.24) is 5.32 Å². The second kappa shape index (κ2) is 7.05. The van der Waals surface area contributed by atoms with Gasteiger partial charge in [-0.3, -0.25) is 0 Å². The van der Waals surface area contributed by atoms with Crippen molar-refractivity contribution in [3.05, 3.63) is 11.6 Å². The first-order valence-electron chi connectivity index (χ1n) is 6.59. The summed E-state index contributed by atoms with van der Waals surface area (Å²) in [6.45, 7) is 5.78. The van der Waals surface area contributed by atoms with Crippen molar-refractivity contribution in [3.63, 3.8) is 0 Å². The van der Waals surface area contributed by atoms with Gasteiger partial charge in [-0.15, -0.1) is 0 Å². The van der Waals surface area contributed by atoms with Gasteiger partial charge in [0.2, 0.25) is 0 Å². The van der Waals surface area contributed by atoms with Crippen LogP contribution in [0.5, 0.6) is 0 Å². The quantitative estimate of drug-likeness (QED) is 0.537. The molecule has 0 saturated heterocycles. The molecular formula is C14H27N. The second-order valence-electron chi connectivity index (χ2n) is 4.98. The SMILES string of the molecule is CCC1CCCC(C(C)=CCCNC)C1. The van der Waals surface area contributed by atoms with E-state index in [1.165, 1.54) is 38.5 Å². The van der Waals surface area contributed by atoms with Crippen molar-refractivity contribution < 1.29 is 0 Å². The Morgan fingerprint density at radius 2 is 2.20 bits per heavy atom. The van der Waals surface area contributed by atoms with E-state index in [1.807, 2.05) is 7.05 Å². The van der Waals surface area contributed by atoms with Crippen LogP contribution in [0.2, 0.25) is 0 Å². The standard InChI is InChI=1S/C14H27N/c1-4-13-8-5-9-14(11-13)12(2)7-6-10-15-3/h7,13-15H,4-6,8-11H2,1-3H3. The lowest BCUT2D eigenvalue weighted by molar-refractivity contribution is 0.288. The number of allylic oxidation sites excluding steroid dienone is 1. The average molecular weight is 209 g/mol. The summed E-state index contributed by atoms with van der Waals surface area (Å²) in [6, 6.07) is 0. The van der Waals surface area contributed by atoms with Gasteiger partial charge in [0.1, 0.15) is 0 Å². The molecule has 1 aliphatic rings. The van der Waals surface area contributed by atoms with Gasteiger partial charge >= 0.3 is 0 Å². The van der Waals surface area contributed by atoms with Gasteiger partial charge in [-0.1, -0.05) is 37.8 Å². The molecule has 0 aromatic rings. The fourth-order valence-electron chi connectivity index (χ4n) is 2.69. The third-order valence-electron chi connectivity index (χ3n) is 3.86. The van der Waals surface area contributed by atoms with Crippen LogP contribution in [0.4, 0.5) is 0 Å². The maximum atomic E-state index is 3.20. The Balaban J connectivity index is 2.37. The molecule has 0 aliphatic heterocycles. The molecule has 2 atom stereocenters. The van der Waals surface area contributed by atoms with Gasteiger partial charge in [-0.05, 0) is 51.6 Å². The lowest BCUT2D eigenvalue weighted by Crippen LogP contribution is -2.16. The normalized spacial score (nSPS) is 28.1. The van der Waals surface area contributed by atoms with Gasteiger partial charge in [0, 0.05) is 0 Å². The van der Waals surface area contributed by atoms with E-state index in [0.29, 0.717) is 0 Å². The Bertz CT molecular complexity index is 196. The van der Waals surface area contributed by atoms with Crippen LogP contribution in [0, 0.1) is 11.8 Å². The summed E-state index contributed by atoms with van der Waals surface area (Å²) in [4.78, 5) is 0. The zero-order valence-corrected chi connectivity index (χ0v) is 10.7. The molecule has 0 heterocycles. The first kappa shape index (κ1) is 12.8. The minimum Gasteiger partial charge on any atom is -0.319 e. The molecular weight excluding hydrogens is 182 g/mol. The highest BCUT2D eigenvalue weighted by molar-refractivity contribution is 5.05. The largest absolute Gasteiger partial charge is 0.319 e. The maximum Gasteiger partial charge on any atom is -0.00172 e. The van der Waals surface area contributed by atoms with E-state index < -0.39 is 0 Å². The minimum absolute atomic E-state index is 0.889. The number of hydrogen-bond acceptors (Lipinski definition) is 1. The predicted octanol–water partition coefficient (Wildman–Crippen LogP) is 3.76. The summed E-state index contributed by atoms with van der Waals surface area (Å²) in [5.74, 6) is 1.89. The fraction of sp³-hybridized carbons (Fsp3) is 0.857. The molecule has 1 saturated carbocycles. The summed E-state index contributed by atoms with van der Waals surface area (Å²) < 4.78 is 0. The Labute approximate surface area is 95.3 Å². The fourth-order valence-corrected chi connectivity index (χ4v) is 2.69. The number of rotatable bonds is 5. The molecule has 0 spiro atoms. The maximum absolute atomic E-state index is 3.20. The van der Waals surface area contributed by atoms with E-state index in [1.54, 1.807) is 5.57 Å². The summed E-state index contributed by atoms with van der Waals surface area (Å²) >= 11 is 0. The molecule has 1 N–H and O–H groups in total. The predicted molar refractivity (Wildman–Crippen MR) is 68.0 cm³/mol. The van der Waals surface area contributed by atoms with E-state index in [4.69, 9.17) is 0 Å². The monoisotopic (exact) mass is 209 g/mol. The highest BCUT2D eigenvalue weighted by atomic mass is 14.8. The Morgan fingerprint density at radius 3 is 2.87 bits per heavy atom. The van der Waals surface area contributed by atoms with Crippen LogP contribution in [-0.2, 0) is 0 Å². The van der Waals surface area contributed by atoms with Crippen LogP contribution < -0.4 is 5.32 Å². The average Bonchev–Trinajstić information content (AvgIpc) is 2.29. The van der Waals surface area contributed by atoms with Gasteiger partial charge in [0.15, 0.2) is 0 Å². The van der Waals surface area contributed by atoms with E-state index in [-0.39, 0.29) is 0 Å². The summed E-state index contributed by atoms with van der Waals surface area (Å²) in [5.41, 5.74) is 1.64. The highest BCUT2D eigenvalue weighted by Gasteiger charge is 2.21. The van der Waals surface area contributed by atoms with Crippen LogP contribution in [0.25, 0.3) is 0 Å². The molecule has 0 amide bonds. The van der Waals surface area contributed by atoms with Gasteiger partial charge < -0.3 is 5.32 Å². The van der Waals surface area contributed by atoms with Gasteiger partial charge in [0.05, 0.1) is 0 Å². The Kier molecular flexibility index (Phi) is 6.00. The molecule has 0 aromatic heterocycles. The third-order valence-corrected chi connectivity index (χ3v) is 3.86.